The monoisotopic (exact) mass is 348 g/mol. The van der Waals surface area contributed by atoms with Gasteiger partial charge in [0.05, 0.1) is 0 Å². The molecule has 0 amide bonds. The van der Waals surface area contributed by atoms with Crippen molar-refractivity contribution in [1.82, 2.24) is 10.2 Å². The molecule has 1 fully saturated rings. The molecule has 4 heteroatoms. The van der Waals surface area contributed by atoms with Crippen LogP contribution in [0.5, 0.6) is 0 Å². The van der Waals surface area contributed by atoms with Crippen LogP contribution in [0.15, 0.2) is 53.0 Å². The van der Waals surface area contributed by atoms with E-state index in [1.54, 1.807) is 0 Å². The molecule has 1 unspecified atom stereocenters. The lowest BCUT2D eigenvalue weighted by Gasteiger charge is -2.34. The molecule has 1 N–H and O–H groups in total. The maximum Gasteiger partial charge on any atom is 0.124 e. The average molecular weight is 349 g/mol. The highest BCUT2D eigenvalue weighted by Gasteiger charge is 2.21. The fourth-order valence-electron chi connectivity index (χ4n) is 2.75. The third-order valence-corrected chi connectivity index (χ3v) is 4.61. The van der Waals surface area contributed by atoms with Gasteiger partial charge in [0.15, 0.2) is 0 Å². The van der Waals surface area contributed by atoms with Gasteiger partial charge in [0, 0.05) is 36.7 Å². The Kier molecular flexibility index (Phi) is 4.68. The number of hydrogen-bond acceptors (Lipinski definition) is 2. The molecule has 1 aliphatic rings. The summed E-state index contributed by atoms with van der Waals surface area (Å²) in [6.07, 6.45) is 0. The largest absolute Gasteiger partial charge is 0.308 e. The predicted octanol–water partition coefficient (Wildman–Crippen LogP) is 3.73. The quantitative estimate of drug-likeness (QED) is 0.908. The Morgan fingerprint density at radius 1 is 1.19 bits per heavy atom. The zero-order valence-corrected chi connectivity index (χ0v) is 13.3. The maximum atomic E-state index is 13.2. The smallest absolute Gasteiger partial charge is 0.124 e. The molecule has 0 spiro atoms. The van der Waals surface area contributed by atoms with Crippen LogP contribution in [0.4, 0.5) is 4.39 Å². The minimum absolute atomic E-state index is 0.201. The van der Waals surface area contributed by atoms with Crippen LogP contribution in [0.3, 0.4) is 0 Å². The van der Waals surface area contributed by atoms with Gasteiger partial charge in [-0.25, -0.2) is 4.39 Å². The SMILES string of the molecule is Fc1ccc(CN2CCNC(c3ccccc3)C2)c(Br)c1. The van der Waals surface area contributed by atoms with E-state index in [1.807, 2.05) is 12.1 Å². The molecule has 1 saturated heterocycles. The Labute approximate surface area is 133 Å². The number of nitrogens with zero attached hydrogens (tertiary/aromatic N) is 1. The van der Waals surface area contributed by atoms with Crippen LogP contribution >= 0.6 is 15.9 Å². The van der Waals surface area contributed by atoms with Gasteiger partial charge in [-0.2, -0.15) is 0 Å². The summed E-state index contributed by atoms with van der Waals surface area (Å²) in [5.74, 6) is -0.201. The van der Waals surface area contributed by atoms with Crippen LogP contribution in [0, 0.1) is 5.82 Å². The standard InChI is InChI=1S/C17H18BrFN2/c18-16-10-15(19)7-6-14(16)11-21-9-8-20-17(12-21)13-4-2-1-3-5-13/h1-7,10,17,20H,8-9,11-12H2. The van der Waals surface area contributed by atoms with Crippen molar-refractivity contribution in [2.75, 3.05) is 19.6 Å². The Balaban J connectivity index is 1.69. The topological polar surface area (TPSA) is 15.3 Å². The number of piperazine rings is 1. The van der Waals surface area contributed by atoms with E-state index in [1.165, 1.54) is 17.7 Å². The Morgan fingerprint density at radius 2 is 2.00 bits per heavy atom. The molecule has 1 heterocycles. The van der Waals surface area contributed by atoms with E-state index in [4.69, 9.17) is 0 Å². The highest BCUT2D eigenvalue weighted by atomic mass is 79.9. The van der Waals surface area contributed by atoms with Gasteiger partial charge >= 0.3 is 0 Å². The summed E-state index contributed by atoms with van der Waals surface area (Å²) in [6.45, 7) is 3.78. The molecule has 0 radical (unpaired) electrons. The molecular formula is C17H18BrFN2. The summed E-state index contributed by atoms with van der Waals surface area (Å²) in [5.41, 5.74) is 2.45. The van der Waals surface area contributed by atoms with Gasteiger partial charge < -0.3 is 5.32 Å². The third kappa shape index (κ3) is 3.70. The molecule has 21 heavy (non-hydrogen) atoms. The van der Waals surface area contributed by atoms with E-state index in [9.17, 15) is 4.39 Å². The summed E-state index contributed by atoms with van der Waals surface area (Å²) in [4.78, 5) is 2.41. The first-order valence-electron chi connectivity index (χ1n) is 7.17. The van der Waals surface area contributed by atoms with Crippen molar-refractivity contribution in [2.24, 2.45) is 0 Å². The van der Waals surface area contributed by atoms with Crippen LogP contribution in [0.1, 0.15) is 17.2 Å². The predicted molar refractivity (Wildman–Crippen MR) is 86.6 cm³/mol. The second kappa shape index (κ2) is 6.69. The van der Waals surface area contributed by atoms with Crippen molar-refractivity contribution >= 4 is 15.9 Å². The highest BCUT2D eigenvalue weighted by Crippen LogP contribution is 2.22. The lowest BCUT2D eigenvalue weighted by atomic mass is 10.0. The van der Waals surface area contributed by atoms with Crippen molar-refractivity contribution in [3.05, 3.63) is 69.9 Å². The molecule has 2 nitrogen and oxygen atoms in total. The lowest BCUT2D eigenvalue weighted by Crippen LogP contribution is -2.45. The van der Waals surface area contributed by atoms with Crippen LogP contribution in [0.2, 0.25) is 0 Å². The van der Waals surface area contributed by atoms with Crippen molar-refractivity contribution in [1.29, 1.82) is 0 Å². The number of halogens is 2. The summed E-state index contributed by atoms with van der Waals surface area (Å²) < 4.78 is 14.0. The zero-order valence-electron chi connectivity index (χ0n) is 11.7. The van der Waals surface area contributed by atoms with Crippen molar-refractivity contribution in [2.45, 2.75) is 12.6 Å². The first kappa shape index (κ1) is 14.7. The minimum Gasteiger partial charge on any atom is -0.308 e. The van der Waals surface area contributed by atoms with Crippen molar-refractivity contribution in [3.63, 3.8) is 0 Å². The van der Waals surface area contributed by atoms with Crippen LogP contribution in [-0.4, -0.2) is 24.5 Å². The molecule has 0 saturated carbocycles. The van der Waals surface area contributed by atoms with Gasteiger partial charge in [-0.15, -0.1) is 0 Å². The van der Waals surface area contributed by atoms with Gasteiger partial charge in [-0.1, -0.05) is 52.3 Å². The third-order valence-electron chi connectivity index (χ3n) is 3.87. The van der Waals surface area contributed by atoms with Gasteiger partial charge in [-0.3, -0.25) is 4.90 Å². The number of benzene rings is 2. The number of hydrogen-bond donors (Lipinski definition) is 1. The molecule has 1 aliphatic heterocycles. The fraction of sp³-hybridized carbons (Fsp3) is 0.294. The van der Waals surface area contributed by atoms with Gasteiger partial charge in [0.1, 0.15) is 5.82 Å². The van der Waals surface area contributed by atoms with Crippen molar-refractivity contribution < 1.29 is 4.39 Å². The van der Waals surface area contributed by atoms with E-state index in [0.717, 1.165) is 36.2 Å². The number of rotatable bonds is 3. The van der Waals surface area contributed by atoms with Crippen LogP contribution < -0.4 is 5.32 Å². The summed E-state index contributed by atoms with van der Waals surface area (Å²) in [7, 11) is 0. The molecule has 3 rings (SSSR count). The summed E-state index contributed by atoms with van der Waals surface area (Å²) in [6, 6.07) is 15.8. The second-order valence-electron chi connectivity index (χ2n) is 5.39. The highest BCUT2D eigenvalue weighted by molar-refractivity contribution is 9.10. The van der Waals surface area contributed by atoms with Crippen LogP contribution in [0.25, 0.3) is 0 Å². The molecule has 110 valence electrons. The van der Waals surface area contributed by atoms with Crippen LogP contribution in [-0.2, 0) is 6.54 Å². The summed E-state index contributed by atoms with van der Waals surface area (Å²) in [5, 5.41) is 3.56. The van der Waals surface area contributed by atoms with E-state index in [-0.39, 0.29) is 5.82 Å². The van der Waals surface area contributed by atoms with Gasteiger partial charge in [-0.05, 0) is 23.3 Å². The van der Waals surface area contributed by atoms with E-state index in [2.05, 4.69) is 50.4 Å². The lowest BCUT2D eigenvalue weighted by molar-refractivity contribution is 0.193. The number of nitrogens with one attached hydrogen (secondary N) is 1. The van der Waals surface area contributed by atoms with E-state index in [0.29, 0.717) is 6.04 Å². The first-order valence-corrected chi connectivity index (χ1v) is 7.96. The molecule has 2 aromatic carbocycles. The molecule has 0 aromatic heterocycles. The normalized spacial score (nSPS) is 19.6. The molecule has 0 aliphatic carbocycles. The van der Waals surface area contributed by atoms with E-state index >= 15 is 0 Å². The van der Waals surface area contributed by atoms with E-state index < -0.39 is 0 Å². The maximum absolute atomic E-state index is 13.2. The molecule has 0 bridgehead atoms. The van der Waals surface area contributed by atoms with Gasteiger partial charge in [0.2, 0.25) is 0 Å². The average Bonchev–Trinajstić information content (AvgIpc) is 2.51. The minimum atomic E-state index is -0.201. The molecular weight excluding hydrogens is 331 g/mol. The second-order valence-corrected chi connectivity index (χ2v) is 6.24. The molecule has 1 atom stereocenters. The first-order chi connectivity index (χ1) is 10.2. The fourth-order valence-corrected chi connectivity index (χ4v) is 3.23. The Morgan fingerprint density at radius 3 is 2.76 bits per heavy atom. The van der Waals surface area contributed by atoms with Gasteiger partial charge in [0.25, 0.3) is 0 Å². The Bertz CT molecular complexity index is 603. The Hall–Kier alpha value is -1.23. The summed E-state index contributed by atoms with van der Waals surface area (Å²) >= 11 is 3.45. The molecule has 2 aromatic rings. The zero-order chi connectivity index (χ0) is 14.7. The van der Waals surface area contributed by atoms with Crippen molar-refractivity contribution in [3.8, 4) is 0 Å².